The normalized spacial score (nSPS) is 13.2. The Morgan fingerprint density at radius 3 is 2.17 bits per heavy atom. The lowest BCUT2D eigenvalue weighted by Crippen LogP contribution is -2.01. The number of anilines is 5. The molecule has 1 aliphatic carbocycles. The Hall–Kier alpha value is -3.54. The molecule has 8 N–H and O–H groups in total. The number of nitrogen functional groups attached to an aromatic ring is 3. The van der Waals surface area contributed by atoms with E-state index in [-0.39, 0.29) is 0 Å². The van der Waals surface area contributed by atoms with Gasteiger partial charge in [0.1, 0.15) is 0 Å². The second-order valence-corrected chi connectivity index (χ2v) is 5.40. The van der Waals surface area contributed by atoms with Gasteiger partial charge in [0.2, 0.25) is 0 Å². The first kappa shape index (κ1) is 15.4. The quantitative estimate of drug-likeness (QED) is 0.439. The zero-order valence-corrected chi connectivity index (χ0v) is 13.0. The van der Waals surface area contributed by atoms with Crippen LogP contribution >= 0.6 is 0 Å². The van der Waals surface area contributed by atoms with Gasteiger partial charge in [-0.1, -0.05) is 0 Å². The standard InChI is InChI=1S/C18H18N6/c19-11-1-5-13(6-2-11)23-17-10-18(16(22)9-15(17)21)24-14-7-3-12(20)4-8-14/h1-10,19,24H,20-22H2. The van der Waals surface area contributed by atoms with E-state index in [4.69, 9.17) is 22.6 Å². The molecule has 6 nitrogen and oxygen atoms in total. The molecule has 0 saturated carbocycles. The molecule has 0 heterocycles. The second-order valence-electron chi connectivity index (χ2n) is 5.40. The van der Waals surface area contributed by atoms with Crippen molar-refractivity contribution >= 4 is 45.5 Å². The number of nitrogens with one attached hydrogen (secondary N) is 2. The second kappa shape index (κ2) is 6.29. The lowest BCUT2D eigenvalue weighted by Gasteiger charge is -2.12. The third-order valence-electron chi connectivity index (χ3n) is 3.51. The molecule has 0 aromatic heterocycles. The number of benzene rings is 2. The first-order valence-electron chi connectivity index (χ1n) is 7.36. The molecule has 3 rings (SSSR count). The number of nitrogens with two attached hydrogens (primary N) is 3. The SMILES string of the molecule is N=C1C=CC(=Nc2cc(Nc3ccc(N)cc3)c(N)cc2N)C=C1. The maximum absolute atomic E-state index is 7.51. The minimum Gasteiger partial charge on any atom is -0.399 e. The predicted molar refractivity (Wildman–Crippen MR) is 103 cm³/mol. The van der Waals surface area contributed by atoms with E-state index in [1.807, 2.05) is 24.3 Å². The third-order valence-corrected chi connectivity index (χ3v) is 3.51. The Morgan fingerprint density at radius 1 is 0.833 bits per heavy atom. The number of hydrogen-bond acceptors (Lipinski definition) is 6. The van der Waals surface area contributed by atoms with Crippen molar-refractivity contribution in [2.24, 2.45) is 4.99 Å². The first-order valence-corrected chi connectivity index (χ1v) is 7.36. The van der Waals surface area contributed by atoms with Crippen LogP contribution in [0.4, 0.5) is 34.1 Å². The molecule has 6 heteroatoms. The fourth-order valence-corrected chi connectivity index (χ4v) is 2.22. The molecule has 0 saturated heterocycles. The summed E-state index contributed by atoms with van der Waals surface area (Å²) < 4.78 is 0. The van der Waals surface area contributed by atoms with Crippen molar-refractivity contribution in [1.29, 1.82) is 5.41 Å². The van der Waals surface area contributed by atoms with E-state index >= 15 is 0 Å². The van der Waals surface area contributed by atoms with Crippen molar-refractivity contribution in [2.45, 2.75) is 0 Å². The van der Waals surface area contributed by atoms with Crippen LogP contribution in [0.3, 0.4) is 0 Å². The van der Waals surface area contributed by atoms with Gasteiger partial charge in [0.15, 0.2) is 0 Å². The molecule has 2 aromatic rings. The predicted octanol–water partition coefficient (Wildman–Crippen LogP) is 3.40. The smallest absolute Gasteiger partial charge is 0.0888 e. The maximum atomic E-state index is 7.51. The molecule has 0 aliphatic heterocycles. The molecule has 0 amide bonds. The molecular weight excluding hydrogens is 300 g/mol. The van der Waals surface area contributed by atoms with Gasteiger partial charge in [0.05, 0.1) is 34.2 Å². The van der Waals surface area contributed by atoms with Crippen LogP contribution in [0.15, 0.2) is 65.7 Å². The Kier molecular flexibility index (Phi) is 4.03. The molecule has 0 spiro atoms. The fraction of sp³-hybridized carbons (Fsp3) is 0. The minimum atomic E-state index is 0.435. The summed E-state index contributed by atoms with van der Waals surface area (Å²) in [4.78, 5) is 4.52. The summed E-state index contributed by atoms with van der Waals surface area (Å²) in [6, 6.07) is 10.8. The minimum absolute atomic E-state index is 0.435. The Morgan fingerprint density at radius 2 is 1.50 bits per heavy atom. The van der Waals surface area contributed by atoms with Crippen molar-refractivity contribution in [1.82, 2.24) is 0 Å². The van der Waals surface area contributed by atoms with Crippen LogP contribution in [0.2, 0.25) is 0 Å². The fourth-order valence-electron chi connectivity index (χ4n) is 2.22. The summed E-state index contributed by atoms with van der Waals surface area (Å²) in [5, 5.41) is 10.7. The summed E-state index contributed by atoms with van der Waals surface area (Å²) in [5.41, 5.74) is 22.8. The van der Waals surface area contributed by atoms with Crippen molar-refractivity contribution in [3.63, 3.8) is 0 Å². The first-order chi connectivity index (χ1) is 11.5. The van der Waals surface area contributed by atoms with E-state index in [0.717, 1.165) is 11.4 Å². The number of rotatable bonds is 3. The van der Waals surface area contributed by atoms with Gasteiger partial charge in [-0.2, -0.15) is 0 Å². The highest BCUT2D eigenvalue weighted by molar-refractivity contribution is 6.18. The molecule has 0 unspecified atom stereocenters. The van der Waals surface area contributed by atoms with Crippen LogP contribution in [-0.2, 0) is 0 Å². The lowest BCUT2D eigenvalue weighted by atomic mass is 10.1. The lowest BCUT2D eigenvalue weighted by molar-refractivity contribution is 1.48. The molecule has 0 radical (unpaired) electrons. The molecule has 1 aliphatic rings. The van der Waals surface area contributed by atoms with Gasteiger partial charge in [0, 0.05) is 11.4 Å². The van der Waals surface area contributed by atoms with Crippen LogP contribution in [0.5, 0.6) is 0 Å². The number of nitrogens with zero attached hydrogens (tertiary/aromatic N) is 1. The summed E-state index contributed by atoms with van der Waals surface area (Å²) in [6.45, 7) is 0. The summed E-state index contributed by atoms with van der Waals surface area (Å²) in [5.74, 6) is 0. The molecule has 24 heavy (non-hydrogen) atoms. The van der Waals surface area contributed by atoms with Crippen molar-refractivity contribution in [3.8, 4) is 0 Å². The number of aliphatic imine (C=N–C) groups is 1. The summed E-state index contributed by atoms with van der Waals surface area (Å²) in [6.07, 6.45) is 6.90. The van der Waals surface area contributed by atoms with E-state index in [9.17, 15) is 0 Å². The van der Waals surface area contributed by atoms with Crippen molar-refractivity contribution in [2.75, 3.05) is 22.5 Å². The van der Waals surface area contributed by atoms with Gasteiger partial charge in [-0.3, -0.25) is 0 Å². The van der Waals surface area contributed by atoms with Gasteiger partial charge >= 0.3 is 0 Å². The average molecular weight is 318 g/mol. The van der Waals surface area contributed by atoms with Gasteiger partial charge in [-0.25, -0.2) is 4.99 Å². The van der Waals surface area contributed by atoms with Crippen LogP contribution in [-0.4, -0.2) is 11.4 Å². The number of hydrogen-bond donors (Lipinski definition) is 5. The molecule has 0 atom stereocenters. The Balaban J connectivity index is 1.92. The summed E-state index contributed by atoms with van der Waals surface area (Å²) >= 11 is 0. The highest BCUT2D eigenvalue weighted by Crippen LogP contribution is 2.33. The van der Waals surface area contributed by atoms with E-state index in [1.165, 1.54) is 0 Å². The van der Waals surface area contributed by atoms with E-state index in [2.05, 4.69) is 10.3 Å². The van der Waals surface area contributed by atoms with Crippen LogP contribution < -0.4 is 22.5 Å². The van der Waals surface area contributed by atoms with Gasteiger partial charge in [0.25, 0.3) is 0 Å². The van der Waals surface area contributed by atoms with Gasteiger partial charge in [-0.15, -0.1) is 0 Å². The molecule has 120 valence electrons. The summed E-state index contributed by atoms with van der Waals surface area (Å²) in [7, 11) is 0. The largest absolute Gasteiger partial charge is 0.399 e. The molecule has 2 aromatic carbocycles. The van der Waals surface area contributed by atoms with Crippen LogP contribution in [0.25, 0.3) is 0 Å². The zero-order valence-electron chi connectivity index (χ0n) is 13.0. The van der Waals surface area contributed by atoms with E-state index in [0.29, 0.717) is 34.1 Å². The van der Waals surface area contributed by atoms with Crippen LogP contribution in [0, 0.1) is 5.41 Å². The topological polar surface area (TPSA) is 126 Å². The van der Waals surface area contributed by atoms with E-state index in [1.54, 1.807) is 36.4 Å². The highest BCUT2D eigenvalue weighted by Gasteiger charge is 2.07. The van der Waals surface area contributed by atoms with Crippen molar-refractivity contribution < 1.29 is 0 Å². The average Bonchev–Trinajstić information content (AvgIpc) is 2.56. The third kappa shape index (κ3) is 3.44. The van der Waals surface area contributed by atoms with Gasteiger partial charge in [-0.05, 0) is 60.7 Å². The Bertz CT molecular complexity index is 857. The number of allylic oxidation sites excluding steroid dienone is 4. The zero-order chi connectivity index (χ0) is 17.1. The maximum Gasteiger partial charge on any atom is 0.0888 e. The Labute approximate surface area is 139 Å². The van der Waals surface area contributed by atoms with Crippen LogP contribution in [0.1, 0.15) is 0 Å². The molecule has 0 fully saturated rings. The molecule has 0 bridgehead atoms. The highest BCUT2D eigenvalue weighted by atomic mass is 14.9. The van der Waals surface area contributed by atoms with Crippen molar-refractivity contribution in [3.05, 3.63) is 60.7 Å². The monoisotopic (exact) mass is 318 g/mol. The van der Waals surface area contributed by atoms with E-state index < -0.39 is 0 Å². The molecular formula is C18H18N6. The van der Waals surface area contributed by atoms with Gasteiger partial charge < -0.3 is 27.9 Å².